The molecule has 5 fully saturated rings. The molecule has 8 rings (SSSR count). The molecule has 4 amide bonds. The van der Waals surface area contributed by atoms with Gasteiger partial charge in [-0.25, -0.2) is 18.2 Å². The Kier molecular flexibility index (Phi) is 12.4. The summed E-state index contributed by atoms with van der Waals surface area (Å²) in [5, 5.41) is 5.96. The molecule has 16 nitrogen and oxygen atoms in total. The maximum atomic E-state index is 15.1. The summed E-state index contributed by atoms with van der Waals surface area (Å²) in [5.41, 5.74) is 0.0534. The molecular weight excluding hydrogens is 795 g/mol. The van der Waals surface area contributed by atoms with Crippen molar-refractivity contribution in [2.24, 2.45) is 11.8 Å². The predicted molar refractivity (Wildman–Crippen MR) is 219 cm³/mol. The van der Waals surface area contributed by atoms with Gasteiger partial charge in [-0.3, -0.25) is 19.1 Å². The number of methoxy groups -OCH3 is 1. The van der Waals surface area contributed by atoms with E-state index in [1.54, 1.807) is 13.2 Å². The van der Waals surface area contributed by atoms with Gasteiger partial charge in [-0.05, 0) is 94.6 Å². The Hall–Kier alpha value is -4.38. The molecule has 60 heavy (non-hydrogen) atoms. The van der Waals surface area contributed by atoms with Crippen molar-refractivity contribution in [3.05, 3.63) is 23.8 Å². The van der Waals surface area contributed by atoms with Crippen molar-refractivity contribution in [2.75, 3.05) is 26.9 Å². The van der Waals surface area contributed by atoms with Gasteiger partial charge in [0.2, 0.25) is 27.7 Å². The highest BCUT2D eigenvalue weighted by Gasteiger charge is 2.62. The average Bonchev–Trinajstić information content (AvgIpc) is 4.13. The van der Waals surface area contributed by atoms with Crippen molar-refractivity contribution in [3.63, 3.8) is 0 Å². The van der Waals surface area contributed by atoms with Crippen LogP contribution in [0.1, 0.15) is 109 Å². The van der Waals surface area contributed by atoms with Gasteiger partial charge in [0.15, 0.2) is 0 Å². The van der Waals surface area contributed by atoms with E-state index in [0.29, 0.717) is 92.9 Å². The number of pyridine rings is 1. The van der Waals surface area contributed by atoms with Gasteiger partial charge < -0.3 is 39.2 Å². The van der Waals surface area contributed by atoms with E-state index in [-0.39, 0.29) is 37.3 Å². The van der Waals surface area contributed by atoms with E-state index >= 15 is 4.79 Å². The van der Waals surface area contributed by atoms with Crippen molar-refractivity contribution in [1.82, 2.24) is 25.2 Å². The summed E-state index contributed by atoms with van der Waals surface area (Å²) in [6, 6.07) is 3.46. The minimum Gasteiger partial charge on any atom is -0.496 e. The first kappa shape index (κ1) is 42.3. The molecule has 2 aromatic rings. The minimum atomic E-state index is -3.88. The Labute approximate surface area is 351 Å². The summed E-state index contributed by atoms with van der Waals surface area (Å²) < 4.78 is 58.8. The normalized spacial score (nSPS) is 30.2. The number of nitrogens with one attached hydrogen (secondary N) is 3. The molecule has 0 spiro atoms. The monoisotopic (exact) mass is 853 g/mol. The fraction of sp³-hybridized carbons (Fsp3) is 0.698. The van der Waals surface area contributed by atoms with Gasteiger partial charge in [0.25, 0.3) is 5.91 Å². The molecule has 1 aromatic carbocycles. The molecule has 6 aliphatic rings. The molecule has 4 bridgehead atoms. The van der Waals surface area contributed by atoms with E-state index in [1.165, 1.54) is 4.90 Å². The zero-order valence-corrected chi connectivity index (χ0v) is 35.7. The van der Waals surface area contributed by atoms with Gasteiger partial charge in [-0.2, -0.15) is 0 Å². The van der Waals surface area contributed by atoms with Crippen LogP contribution in [0.5, 0.6) is 17.4 Å². The van der Waals surface area contributed by atoms with Gasteiger partial charge in [-0.15, -0.1) is 0 Å². The Bertz CT molecular complexity index is 2070. The summed E-state index contributed by atoms with van der Waals surface area (Å²) >= 11 is 0. The molecule has 4 aliphatic carbocycles. The van der Waals surface area contributed by atoms with Crippen LogP contribution in [-0.4, -0.2) is 110 Å². The van der Waals surface area contributed by atoms with Crippen LogP contribution < -0.4 is 29.6 Å². The maximum absolute atomic E-state index is 15.1. The van der Waals surface area contributed by atoms with Crippen molar-refractivity contribution in [2.45, 2.75) is 151 Å². The lowest BCUT2D eigenvalue weighted by Gasteiger charge is -2.35. The van der Waals surface area contributed by atoms with Crippen molar-refractivity contribution in [1.29, 1.82) is 0 Å². The Morgan fingerprint density at radius 1 is 0.983 bits per heavy atom. The molecule has 328 valence electrons. The molecular formula is C43H59N5O11S. The Morgan fingerprint density at radius 2 is 1.77 bits per heavy atom. The van der Waals surface area contributed by atoms with Crippen LogP contribution in [0.2, 0.25) is 0 Å². The number of carbonyl (C=O) groups is 4. The number of carbonyl (C=O) groups excluding carboxylic acids is 4. The standard InChI is InChI=1S/C43H59N5O11S/c1-4-27-23-43(27,41(51)47-60(53,54)29-16-17-29)46-39(49)32-20-28-24-48(32)40(50)38(25-11-7-6-8-12-25)45-42(52)59-34-15-9-14-33(34)57-18-10-13-26-19-30-31(21-35(26)55-3)44-37(56-5-2)22-36(30)58-28/h19,21-22,25,27-29,32-34,38H,4-18,20,23-24H2,1-3H3,(H,45,52)(H,46,49)(H,47,51)/t27-,28-,32+,33+,34+,38+,43-/m1/s1. The third-order valence-electron chi connectivity index (χ3n) is 13.4. The Balaban J connectivity index is 1.16. The van der Waals surface area contributed by atoms with Crippen LogP contribution in [0.3, 0.4) is 0 Å². The number of benzene rings is 1. The zero-order chi connectivity index (χ0) is 42.2. The van der Waals surface area contributed by atoms with Crippen molar-refractivity contribution >= 4 is 44.7 Å². The predicted octanol–water partition coefficient (Wildman–Crippen LogP) is 4.44. The lowest BCUT2D eigenvalue weighted by atomic mass is 9.83. The number of rotatable bonds is 10. The topological polar surface area (TPSA) is 201 Å². The highest BCUT2D eigenvalue weighted by molar-refractivity contribution is 7.91. The number of fused-ring (bicyclic) bond motifs is 4. The molecule has 7 atom stereocenters. The Morgan fingerprint density at radius 3 is 2.48 bits per heavy atom. The summed E-state index contributed by atoms with van der Waals surface area (Å²) in [7, 11) is -2.27. The fourth-order valence-electron chi connectivity index (χ4n) is 9.84. The smallest absolute Gasteiger partial charge is 0.408 e. The molecule has 17 heteroatoms. The fourth-order valence-corrected chi connectivity index (χ4v) is 11.2. The third-order valence-corrected chi connectivity index (χ3v) is 15.2. The molecule has 1 saturated heterocycles. The van der Waals surface area contributed by atoms with Crippen LogP contribution in [-0.2, 0) is 40.3 Å². The highest BCUT2D eigenvalue weighted by Crippen LogP contribution is 2.47. The lowest BCUT2D eigenvalue weighted by Crippen LogP contribution is -2.59. The maximum Gasteiger partial charge on any atom is 0.408 e. The molecule has 0 unspecified atom stereocenters. The summed E-state index contributed by atoms with van der Waals surface area (Å²) in [5.74, 6) is -0.850. The lowest BCUT2D eigenvalue weighted by molar-refractivity contribution is -0.142. The van der Waals surface area contributed by atoms with E-state index in [4.69, 9.17) is 28.7 Å². The van der Waals surface area contributed by atoms with Crippen LogP contribution in [0.4, 0.5) is 4.79 Å². The van der Waals surface area contributed by atoms with Crippen LogP contribution >= 0.6 is 0 Å². The summed E-state index contributed by atoms with van der Waals surface area (Å²) in [6.45, 7) is 4.54. The highest BCUT2D eigenvalue weighted by atomic mass is 32.2. The second-order valence-electron chi connectivity index (χ2n) is 17.4. The minimum absolute atomic E-state index is 0.00132. The largest absolute Gasteiger partial charge is 0.496 e. The molecule has 2 aliphatic heterocycles. The molecule has 3 heterocycles. The van der Waals surface area contributed by atoms with Gasteiger partial charge in [0, 0.05) is 30.5 Å². The number of amides is 4. The zero-order valence-electron chi connectivity index (χ0n) is 34.9. The molecule has 3 N–H and O–H groups in total. The van der Waals surface area contributed by atoms with Crippen molar-refractivity contribution in [3.8, 4) is 17.4 Å². The molecule has 4 saturated carbocycles. The second kappa shape index (κ2) is 17.5. The van der Waals surface area contributed by atoms with E-state index in [1.807, 2.05) is 26.0 Å². The van der Waals surface area contributed by atoms with Crippen LogP contribution in [0.15, 0.2) is 18.2 Å². The number of aryl methyl sites for hydroxylation is 1. The molecule has 0 radical (unpaired) electrons. The number of ether oxygens (including phenoxy) is 5. The van der Waals surface area contributed by atoms with E-state index < -0.39 is 68.9 Å². The summed E-state index contributed by atoms with van der Waals surface area (Å²) in [4.78, 5) is 63.5. The van der Waals surface area contributed by atoms with Crippen molar-refractivity contribution < 1.29 is 51.3 Å². The van der Waals surface area contributed by atoms with E-state index in [9.17, 15) is 22.8 Å². The number of hydrogen-bond acceptors (Lipinski definition) is 12. The summed E-state index contributed by atoms with van der Waals surface area (Å²) in [6.07, 6.45) is 7.39. The quantitative estimate of drug-likeness (QED) is 0.304. The number of hydrogen-bond donors (Lipinski definition) is 3. The average molecular weight is 854 g/mol. The third kappa shape index (κ3) is 8.84. The van der Waals surface area contributed by atoms with Gasteiger partial charge in [-0.1, -0.05) is 32.6 Å². The van der Waals surface area contributed by atoms with Crippen LogP contribution in [0.25, 0.3) is 10.9 Å². The number of nitrogens with zero attached hydrogens (tertiary/aromatic N) is 2. The first-order chi connectivity index (χ1) is 28.9. The molecule has 1 aromatic heterocycles. The van der Waals surface area contributed by atoms with Crippen LogP contribution in [0, 0.1) is 11.8 Å². The van der Waals surface area contributed by atoms with Gasteiger partial charge in [0.1, 0.15) is 41.3 Å². The number of sulfonamides is 1. The first-order valence-corrected chi connectivity index (χ1v) is 23.6. The first-order valence-electron chi connectivity index (χ1n) is 22.0. The second-order valence-corrected chi connectivity index (χ2v) is 19.4. The number of aromatic nitrogens is 1. The van der Waals surface area contributed by atoms with E-state index in [2.05, 4.69) is 15.4 Å². The number of alkyl carbamates (subject to hydrolysis) is 1. The van der Waals surface area contributed by atoms with Gasteiger partial charge >= 0.3 is 6.09 Å². The van der Waals surface area contributed by atoms with Gasteiger partial charge in [0.05, 0.1) is 37.1 Å². The SMILES string of the molecule is CCOc1cc2c3cc(c(OC)cc3n1)CCCO[C@H]1CCC[C@@H]1OC(=O)N[C@@H](C1CCCCC1)C(=O)N1C[C@@H](C[C@H]1C(=O)N[C@]1(C(=O)NS(=O)(=O)C3CC3)C[C@H]1CC)O2. The van der Waals surface area contributed by atoms with E-state index in [0.717, 1.165) is 37.7 Å².